The third-order valence-corrected chi connectivity index (χ3v) is 2.33. The first kappa shape index (κ1) is 11.2. The van der Waals surface area contributed by atoms with Crippen molar-refractivity contribution in [3.63, 3.8) is 0 Å². The first-order chi connectivity index (χ1) is 6.51. The molecule has 0 saturated carbocycles. The van der Waals surface area contributed by atoms with Crippen LogP contribution in [-0.4, -0.2) is 7.11 Å². The molecule has 0 spiro atoms. The summed E-state index contributed by atoms with van der Waals surface area (Å²) in [5.74, 6) is -2.55. The average Bonchev–Trinajstić information content (AvgIpc) is 2.18. The van der Waals surface area contributed by atoms with Crippen molar-refractivity contribution in [2.45, 2.75) is 19.3 Å². The van der Waals surface area contributed by atoms with Gasteiger partial charge in [0.05, 0.1) is 12.1 Å². The van der Waals surface area contributed by atoms with E-state index in [0.717, 1.165) is 0 Å². The van der Waals surface area contributed by atoms with Crippen LogP contribution in [0.5, 0.6) is 5.75 Å². The zero-order chi connectivity index (χ0) is 10.8. The number of alkyl halides is 2. The van der Waals surface area contributed by atoms with Gasteiger partial charge in [0.25, 0.3) is 5.92 Å². The zero-order valence-corrected chi connectivity index (χ0v) is 8.74. The number of rotatable bonds is 3. The summed E-state index contributed by atoms with van der Waals surface area (Å²) in [4.78, 5) is 0. The smallest absolute Gasteiger partial charge is 0.273 e. The average molecular weight is 221 g/mol. The molecule has 0 atom stereocenters. The van der Waals surface area contributed by atoms with E-state index in [9.17, 15) is 8.78 Å². The maximum absolute atomic E-state index is 13.2. The molecule has 0 fully saturated rings. The van der Waals surface area contributed by atoms with Crippen LogP contribution in [0.3, 0.4) is 0 Å². The van der Waals surface area contributed by atoms with Crippen LogP contribution in [0, 0.1) is 0 Å². The van der Waals surface area contributed by atoms with E-state index in [1.165, 1.54) is 32.2 Å². The van der Waals surface area contributed by atoms with Crippen molar-refractivity contribution in [2.75, 3.05) is 7.11 Å². The molecule has 0 heterocycles. The Balaban J connectivity index is 3.12. The molecule has 0 aliphatic heterocycles. The summed E-state index contributed by atoms with van der Waals surface area (Å²) in [6.45, 7) is 1.43. The number of methoxy groups -OCH3 is 1. The van der Waals surface area contributed by atoms with Crippen molar-refractivity contribution in [1.82, 2.24) is 0 Å². The highest BCUT2D eigenvalue weighted by Crippen LogP contribution is 2.35. The van der Waals surface area contributed by atoms with Crippen LogP contribution in [0.2, 0.25) is 5.02 Å². The standard InChI is InChI=1S/C10H11ClF2O/c1-3-10(12,13)7-4-5-8(11)9(6-7)14-2/h4-6H,3H2,1-2H3. The van der Waals surface area contributed by atoms with Crippen molar-refractivity contribution in [1.29, 1.82) is 0 Å². The molecular formula is C10H11ClF2O. The second kappa shape index (κ2) is 4.13. The third-order valence-electron chi connectivity index (χ3n) is 2.02. The van der Waals surface area contributed by atoms with E-state index in [0.29, 0.717) is 5.02 Å². The summed E-state index contributed by atoms with van der Waals surface area (Å²) in [7, 11) is 1.40. The minimum Gasteiger partial charge on any atom is -0.495 e. The Kier molecular flexibility index (Phi) is 3.32. The first-order valence-corrected chi connectivity index (χ1v) is 4.61. The predicted molar refractivity (Wildman–Crippen MR) is 52.2 cm³/mol. The van der Waals surface area contributed by atoms with Crippen molar-refractivity contribution < 1.29 is 13.5 Å². The van der Waals surface area contributed by atoms with Gasteiger partial charge >= 0.3 is 0 Å². The third kappa shape index (κ3) is 2.15. The van der Waals surface area contributed by atoms with Gasteiger partial charge in [-0.05, 0) is 12.1 Å². The fraction of sp³-hybridized carbons (Fsp3) is 0.400. The van der Waals surface area contributed by atoms with E-state index in [4.69, 9.17) is 16.3 Å². The SMILES string of the molecule is CCC(F)(F)c1ccc(Cl)c(OC)c1. The molecule has 0 amide bonds. The summed E-state index contributed by atoms with van der Waals surface area (Å²) >= 11 is 5.72. The fourth-order valence-corrected chi connectivity index (χ4v) is 1.29. The lowest BCUT2D eigenvalue weighted by Gasteiger charge is -2.15. The monoisotopic (exact) mass is 220 g/mol. The Bertz CT molecular complexity index is 326. The van der Waals surface area contributed by atoms with Crippen LogP contribution in [0.15, 0.2) is 18.2 Å². The van der Waals surface area contributed by atoms with Crippen LogP contribution in [0.1, 0.15) is 18.9 Å². The lowest BCUT2D eigenvalue weighted by Crippen LogP contribution is -2.11. The first-order valence-electron chi connectivity index (χ1n) is 4.23. The normalized spacial score (nSPS) is 11.5. The Morgan fingerprint density at radius 1 is 1.43 bits per heavy atom. The molecule has 4 heteroatoms. The Labute approximate surface area is 86.6 Å². The maximum atomic E-state index is 13.2. The van der Waals surface area contributed by atoms with Crippen LogP contribution in [0.4, 0.5) is 8.78 Å². The highest BCUT2D eigenvalue weighted by Gasteiger charge is 2.29. The molecule has 14 heavy (non-hydrogen) atoms. The molecule has 0 unspecified atom stereocenters. The van der Waals surface area contributed by atoms with Crippen molar-refractivity contribution in [2.24, 2.45) is 0 Å². The highest BCUT2D eigenvalue weighted by molar-refractivity contribution is 6.32. The molecule has 0 N–H and O–H groups in total. The highest BCUT2D eigenvalue weighted by atomic mass is 35.5. The molecule has 1 aromatic rings. The van der Waals surface area contributed by atoms with Gasteiger partial charge in [0.15, 0.2) is 0 Å². The molecule has 1 aromatic carbocycles. The Hall–Kier alpha value is -0.830. The van der Waals surface area contributed by atoms with Gasteiger partial charge < -0.3 is 4.74 Å². The lowest BCUT2D eigenvalue weighted by molar-refractivity contribution is -0.00845. The van der Waals surface area contributed by atoms with Gasteiger partial charge in [0.2, 0.25) is 0 Å². The van der Waals surface area contributed by atoms with Gasteiger partial charge in [-0.1, -0.05) is 24.6 Å². The number of halogens is 3. The molecule has 0 aromatic heterocycles. The van der Waals surface area contributed by atoms with E-state index in [1.807, 2.05) is 0 Å². The van der Waals surface area contributed by atoms with Crippen LogP contribution < -0.4 is 4.74 Å². The molecule has 0 aliphatic carbocycles. The maximum Gasteiger partial charge on any atom is 0.273 e. The van der Waals surface area contributed by atoms with Gasteiger partial charge in [0.1, 0.15) is 5.75 Å². The predicted octanol–water partition coefficient (Wildman–Crippen LogP) is 3.85. The minimum absolute atomic E-state index is 0.0683. The Morgan fingerprint density at radius 2 is 2.07 bits per heavy atom. The second-order valence-electron chi connectivity index (χ2n) is 2.91. The number of ether oxygens (including phenoxy) is 1. The summed E-state index contributed by atoms with van der Waals surface area (Å²) < 4.78 is 31.3. The summed E-state index contributed by atoms with van der Waals surface area (Å²) in [5, 5.41) is 0.336. The van der Waals surface area contributed by atoms with Crippen LogP contribution in [-0.2, 0) is 5.92 Å². The number of benzene rings is 1. The van der Waals surface area contributed by atoms with Gasteiger partial charge in [0, 0.05) is 12.0 Å². The molecule has 1 rings (SSSR count). The van der Waals surface area contributed by atoms with Crippen molar-refractivity contribution >= 4 is 11.6 Å². The van der Waals surface area contributed by atoms with Crippen LogP contribution in [0.25, 0.3) is 0 Å². The number of hydrogen-bond acceptors (Lipinski definition) is 1. The number of hydrogen-bond donors (Lipinski definition) is 0. The van der Waals surface area contributed by atoms with E-state index in [-0.39, 0.29) is 17.7 Å². The van der Waals surface area contributed by atoms with E-state index >= 15 is 0 Å². The largest absolute Gasteiger partial charge is 0.495 e. The topological polar surface area (TPSA) is 9.23 Å². The molecular weight excluding hydrogens is 210 g/mol. The molecule has 0 saturated heterocycles. The van der Waals surface area contributed by atoms with E-state index < -0.39 is 5.92 Å². The second-order valence-corrected chi connectivity index (χ2v) is 3.31. The van der Waals surface area contributed by atoms with Crippen molar-refractivity contribution in [3.05, 3.63) is 28.8 Å². The van der Waals surface area contributed by atoms with E-state index in [2.05, 4.69) is 0 Å². The van der Waals surface area contributed by atoms with Crippen molar-refractivity contribution in [3.8, 4) is 5.75 Å². The Morgan fingerprint density at radius 3 is 2.57 bits per heavy atom. The molecule has 1 nitrogen and oxygen atoms in total. The van der Waals surface area contributed by atoms with Gasteiger partial charge in [-0.15, -0.1) is 0 Å². The van der Waals surface area contributed by atoms with Gasteiger partial charge in [-0.25, -0.2) is 8.78 Å². The van der Waals surface area contributed by atoms with Crippen LogP contribution >= 0.6 is 11.6 Å². The van der Waals surface area contributed by atoms with Gasteiger partial charge in [-0.2, -0.15) is 0 Å². The summed E-state index contributed by atoms with van der Waals surface area (Å²) in [6, 6.07) is 4.00. The summed E-state index contributed by atoms with van der Waals surface area (Å²) in [5.41, 5.74) is -0.0683. The fourth-order valence-electron chi connectivity index (χ4n) is 1.09. The minimum atomic E-state index is -2.82. The molecule has 0 aliphatic rings. The quantitative estimate of drug-likeness (QED) is 0.752. The zero-order valence-electron chi connectivity index (χ0n) is 7.98. The van der Waals surface area contributed by atoms with E-state index in [1.54, 1.807) is 0 Å². The van der Waals surface area contributed by atoms with Gasteiger partial charge in [-0.3, -0.25) is 0 Å². The lowest BCUT2D eigenvalue weighted by atomic mass is 10.1. The molecule has 0 radical (unpaired) electrons. The summed E-state index contributed by atoms with van der Waals surface area (Å²) in [6.07, 6.45) is -0.238. The molecule has 0 bridgehead atoms. The molecule has 78 valence electrons.